The Morgan fingerprint density at radius 2 is 0.730 bits per heavy atom. The van der Waals surface area contributed by atoms with Gasteiger partial charge in [-0.1, -0.05) is 78.9 Å². The first kappa shape index (κ1) is 46.3. The summed E-state index contributed by atoms with van der Waals surface area (Å²) in [5.41, 5.74) is 0.934. The summed E-state index contributed by atoms with van der Waals surface area (Å²) in [5, 5.41) is 172. The van der Waals surface area contributed by atoms with Gasteiger partial charge >= 0.3 is 0 Å². The van der Waals surface area contributed by atoms with Gasteiger partial charge in [0.25, 0.3) is 0 Å². The molecular formula is C56H40B2O16. The molecule has 0 atom stereocenters. The summed E-state index contributed by atoms with van der Waals surface area (Å²) < 4.78 is 6.19. The number of aromatic hydroxyl groups is 15. The molecule has 11 rings (SSSR count). The number of phenols is 15. The van der Waals surface area contributed by atoms with Gasteiger partial charge in [0.05, 0.1) is 11.1 Å². The number of rotatable bonds is 5. The second kappa shape index (κ2) is 16.0. The number of hydrogen-bond acceptors (Lipinski definition) is 16. The average Bonchev–Trinajstić information content (AvgIpc) is 3.79. The van der Waals surface area contributed by atoms with E-state index in [1.165, 1.54) is 29.5 Å². The third-order valence-corrected chi connectivity index (χ3v) is 14.4. The standard InChI is InChI=1S/C56H40B2O16/c1-18-28-30(21-16-14-20(15-17-21)22-8-3-4-9-23(22)24-11-7-13-27-31(24)25-10-5-6-12-26(25)74-27)34-35(49(66)56(73)55(72)48(34)65)32(33(28)47(64)53(70)42(18)59)37-41(58)46(63)39(52(69)50(37)67)38-44(61)29-19(2)43(60)54(71)51(68)36(29)40(57)45(38)62/h3-17,59-73H,57-58H2,1-2H3. The van der Waals surface area contributed by atoms with Gasteiger partial charge in [-0.05, 0) is 64.7 Å². The zero-order valence-electron chi connectivity index (χ0n) is 39.3. The van der Waals surface area contributed by atoms with Crippen LogP contribution in [-0.4, -0.2) is 92.3 Å². The molecule has 74 heavy (non-hydrogen) atoms. The molecule has 0 aliphatic heterocycles. The van der Waals surface area contributed by atoms with Crippen molar-refractivity contribution in [2.45, 2.75) is 13.8 Å². The van der Waals surface area contributed by atoms with Gasteiger partial charge in [0.1, 0.15) is 44.1 Å². The van der Waals surface area contributed by atoms with Crippen LogP contribution in [0.4, 0.5) is 0 Å². The van der Waals surface area contributed by atoms with Crippen molar-refractivity contribution < 1.29 is 81.0 Å². The molecule has 0 saturated carbocycles. The zero-order valence-corrected chi connectivity index (χ0v) is 39.3. The second-order valence-corrected chi connectivity index (χ2v) is 18.3. The zero-order chi connectivity index (χ0) is 52.8. The van der Waals surface area contributed by atoms with Gasteiger partial charge in [-0.3, -0.25) is 0 Å². The Morgan fingerprint density at radius 3 is 1.36 bits per heavy atom. The van der Waals surface area contributed by atoms with Crippen LogP contribution < -0.4 is 10.9 Å². The van der Waals surface area contributed by atoms with Crippen LogP contribution in [0, 0.1) is 13.8 Å². The lowest BCUT2D eigenvalue weighted by atomic mass is 9.76. The van der Waals surface area contributed by atoms with Gasteiger partial charge in [0.2, 0.25) is 23.0 Å². The third kappa shape index (κ3) is 5.98. The molecule has 0 aliphatic rings. The smallest absolute Gasteiger partial charge is 0.204 e. The van der Waals surface area contributed by atoms with Crippen LogP contribution >= 0.6 is 0 Å². The second-order valence-electron chi connectivity index (χ2n) is 18.3. The molecule has 0 bridgehead atoms. The van der Waals surface area contributed by atoms with E-state index in [4.69, 9.17) is 4.42 Å². The molecule has 0 fully saturated rings. The average molecular weight is 991 g/mol. The minimum atomic E-state index is -1.29. The SMILES string of the molecule is Bc1c(O)c(-c2c(O)c(B)c3c(O)c(O)c(O)c(C)c3c2O)c(O)c(O)c1-c1c2c(O)c(O)c(O)c(C)c2c(-c2ccc(-c3ccccc3-c3cccc4oc5ccccc5c34)cc2)c2c(O)c(O)c(O)c(O)c12. The summed E-state index contributed by atoms with van der Waals surface area (Å²) in [7, 11) is 2.43. The highest BCUT2D eigenvalue weighted by molar-refractivity contribution is 6.45. The number of para-hydroxylation sites is 1. The highest BCUT2D eigenvalue weighted by atomic mass is 16.4. The fourth-order valence-corrected chi connectivity index (χ4v) is 10.8. The predicted octanol–water partition coefficient (Wildman–Crippen LogP) is 8.10. The summed E-state index contributed by atoms with van der Waals surface area (Å²) in [6.07, 6.45) is 0. The number of phenolic OH excluding ortho intramolecular Hbond substituents is 15. The van der Waals surface area contributed by atoms with Gasteiger partial charge in [0.15, 0.2) is 46.0 Å². The van der Waals surface area contributed by atoms with Crippen LogP contribution in [0.1, 0.15) is 11.1 Å². The summed E-state index contributed by atoms with van der Waals surface area (Å²) in [4.78, 5) is 0. The molecule has 0 aliphatic carbocycles. The Morgan fingerprint density at radius 1 is 0.284 bits per heavy atom. The topological polar surface area (TPSA) is 317 Å². The molecule has 0 saturated heterocycles. The summed E-state index contributed by atoms with van der Waals surface area (Å²) >= 11 is 0. The molecule has 15 N–H and O–H groups in total. The van der Waals surface area contributed by atoms with Gasteiger partial charge < -0.3 is 81.0 Å². The molecule has 0 unspecified atom stereocenters. The molecular weight excluding hydrogens is 950 g/mol. The molecule has 1 aromatic heterocycles. The Balaban J connectivity index is 1.20. The molecule has 11 aromatic rings. The van der Waals surface area contributed by atoms with E-state index in [0.717, 1.165) is 27.5 Å². The van der Waals surface area contributed by atoms with Gasteiger partial charge in [0, 0.05) is 70.9 Å². The molecule has 0 spiro atoms. The minimum Gasteiger partial charge on any atom is -0.508 e. The van der Waals surface area contributed by atoms with Crippen molar-refractivity contribution in [2.75, 3.05) is 0 Å². The lowest BCUT2D eigenvalue weighted by Crippen LogP contribution is -2.12. The fourth-order valence-electron chi connectivity index (χ4n) is 10.8. The van der Waals surface area contributed by atoms with Crippen molar-refractivity contribution >= 4 is 80.9 Å². The fraction of sp³-hybridized carbons (Fsp3) is 0.0357. The quantitative estimate of drug-likeness (QED) is 0.0335. The molecule has 366 valence electrons. The molecule has 10 aromatic carbocycles. The minimum absolute atomic E-state index is 0.101. The van der Waals surface area contributed by atoms with Crippen LogP contribution in [0.25, 0.3) is 110 Å². The number of benzene rings is 10. The first-order chi connectivity index (χ1) is 35.2. The first-order valence-corrected chi connectivity index (χ1v) is 22.7. The van der Waals surface area contributed by atoms with Crippen molar-refractivity contribution in [1.82, 2.24) is 0 Å². The Hall–Kier alpha value is -10.1. The summed E-state index contributed by atoms with van der Waals surface area (Å²) in [6, 6.07) is 27.9. The maximum Gasteiger partial charge on any atom is 0.204 e. The van der Waals surface area contributed by atoms with E-state index in [1.807, 2.05) is 66.7 Å². The lowest BCUT2D eigenvalue weighted by molar-refractivity contribution is 0.351. The molecule has 1 heterocycles. The number of hydrogen-bond donors (Lipinski definition) is 15. The van der Waals surface area contributed by atoms with E-state index in [1.54, 1.807) is 24.3 Å². The maximum atomic E-state index is 12.3. The molecule has 16 nitrogen and oxygen atoms in total. The van der Waals surface area contributed by atoms with Crippen molar-refractivity contribution in [1.29, 1.82) is 0 Å². The van der Waals surface area contributed by atoms with Crippen molar-refractivity contribution in [3.63, 3.8) is 0 Å². The maximum absolute atomic E-state index is 12.3. The van der Waals surface area contributed by atoms with Crippen LogP contribution in [0.15, 0.2) is 95.4 Å². The largest absolute Gasteiger partial charge is 0.508 e. The van der Waals surface area contributed by atoms with E-state index in [9.17, 15) is 76.6 Å². The first-order valence-electron chi connectivity index (χ1n) is 22.7. The van der Waals surface area contributed by atoms with Gasteiger partial charge in [-0.25, -0.2) is 0 Å². The summed E-state index contributed by atoms with van der Waals surface area (Å²) in [5.74, 6) is -15.7. The molecule has 18 heteroatoms. The predicted molar refractivity (Wildman–Crippen MR) is 284 cm³/mol. The van der Waals surface area contributed by atoms with Crippen molar-refractivity contribution in [2.24, 2.45) is 0 Å². The Bertz CT molecular complexity index is 4240. The Labute approximate surface area is 418 Å². The monoisotopic (exact) mass is 990 g/mol. The van der Waals surface area contributed by atoms with Crippen LogP contribution in [0.3, 0.4) is 0 Å². The number of furan rings is 1. The van der Waals surface area contributed by atoms with E-state index in [0.29, 0.717) is 16.7 Å². The lowest BCUT2D eigenvalue weighted by Gasteiger charge is -2.26. The Kier molecular flexibility index (Phi) is 9.99. The van der Waals surface area contributed by atoms with Crippen LogP contribution in [0.5, 0.6) is 86.2 Å². The van der Waals surface area contributed by atoms with E-state index >= 15 is 0 Å². The third-order valence-electron chi connectivity index (χ3n) is 14.4. The molecule has 0 radical (unpaired) electrons. The van der Waals surface area contributed by atoms with Crippen LogP contribution in [0.2, 0.25) is 0 Å². The number of aryl methyl sites for hydroxylation is 2. The molecule has 0 amide bonds. The van der Waals surface area contributed by atoms with Gasteiger partial charge in [-0.2, -0.15) is 0 Å². The normalized spacial score (nSPS) is 11.8. The number of fused-ring (bicyclic) bond motifs is 6. The van der Waals surface area contributed by atoms with Crippen molar-refractivity contribution in [3.05, 3.63) is 102 Å². The van der Waals surface area contributed by atoms with E-state index in [-0.39, 0.29) is 43.9 Å². The highest BCUT2D eigenvalue weighted by Gasteiger charge is 2.36. The van der Waals surface area contributed by atoms with Gasteiger partial charge in [-0.15, -0.1) is 0 Å². The highest BCUT2D eigenvalue weighted by Crippen LogP contribution is 2.63. The summed E-state index contributed by atoms with van der Waals surface area (Å²) in [6.45, 7) is 2.60. The van der Waals surface area contributed by atoms with Crippen LogP contribution in [-0.2, 0) is 0 Å². The van der Waals surface area contributed by atoms with E-state index in [2.05, 4.69) is 0 Å². The van der Waals surface area contributed by atoms with Crippen molar-refractivity contribution in [3.8, 4) is 142 Å². The van der Waals surface area contributed by atoms with E-state index < -0.39 is 130 Å².